The summed E-state index contributed by atoms with van der Waals surface area (Å²) >= 11 is 8.89. The molecule has 0 aliphatic heterocycles. The highest BCUT2D eigenvalue weighted by Crippen LogP contribution is 2.41. The molecule has 4 heteroatoms. The Labute approximate surface area is 106 Å². The molecule has 0 aromatic carbocycles. The van der Waals surface area contributed by atoms with Crippen LogP contribution in [-0.2, 0) is 0 Å². The van der Waals surface area contributed by atoms with Gasteiger partial charge in [0.15, 0.2) is 0 Å². The first-order valence-corrected chi connectivity index (χ1v) is 7.23. The SMILES string of the molecule is CNC(CC1CC1)c1cc(Br)c(Br)s1. The molecule has 0 radical (unpaired) electrons. The van der Waals surface area contributed by atoms with Crippen LogP contribution in [0.25, 0.3) is 0 Å². The molecule has 0 spiro atoms. The fraction of sp³-hybridized carbons (Fsp3) is 0.600. The third-order valence-corrected chi connectivity index (χ3v) is 5.99. The second kappa shape index (κ2) is 4.64. The Bertz CT molecular complexity index is 300. The number of hydrogen-bond acceptors (Lipinski definition) is 2. The molecule has 1 aliphatic rings. The maximum atomic E-state index is 3.54. The molecule has 1 unspecified atom stereocenters. The first-order chi connectivity index (χ1) is 6.70. The van der Waals surface area contributed by atoms with Crippen molar-refractivity contribution in [3.05, 3.63) is 19.2 Å². The molecule has 78 valence electrons. The normalized spacial score (nSPS) is 18.5. The third-order valence-electron chi connectivity index (χ3n) is 2.62. The maximum Gasteiger partial charge on any atom is 0.0843 e. The maximum absolute atomic E-state index is 3.54. The highest BCUT2D eigenvalue weighted by molar-refractivity contribution is 9.13. The van der Waals surface area contributed by atoms with Crippen molar-refractivity contribution in [1.29, 1.82) is 0 Å². The van der Waals surface area contributed by atoms with Crippen LogP contribution in [0, 0.1) is 5.92 Å². The van der Waals surface area contributed by atoms with E-state index >= 15 is 0 Å². The average Bonchev–Trinajstić information content (AvgIpc) is 2.91. The first kappa shape index (κ1) is 11.1. The lowest BCUT2D eigenvalue weighted by atomic mass is 10.1. The van der Waals surface area contributed by atoms with Gasteiger partial charge in [-0.25, -0.2) is 0 Å². The summed E-state index contributed by atoms with van der Waals surface area (Å²) in [6, 6.07) is 2.76. The molecule has 1 aliphatic carbocycles. The zero-order valence-corrected chi connectivity index (χ0v) is 12.0. The van der Waals surface area contributed by atoms with E-state index in [-0.39, 0.29) is 0 Å². The minimum atomic E-state index is 0.537. The van der Waals surface area contributed by atoms with E-state index in [0.717, 1.165) is 5.92 Å². The van der Waals surface area contributed by atoms with Gasteiger partial charge in [-0.15, -0.1) is 11.3 Å². The fourth-order valence-electron chi connectivity index (χ4n) is 1.60. The minimum Gasteiger partial charge on any atom is -0.312 e. The molecule has 0 amide bonds. The smallest absolute Gasteiger partial charge is 0.0843 e. The van der Waals surface area contributed by atoms with Crippen molar-refractivity contribution < 1.29 is 0 Å². The van der Waals surface area contributed by atoms with Crippen LogP contribution in [0.1, 0.15) is 30.2 Å². The second-order valence-electron chi connectivity index (χ2n) is 3.79. The van der Waals surface area contributed by atoms with E-state index in [0.29, 0.717) is 6.04 Å². The Kier molecular flexibility index (Phi) is 3.68. The van der Waals surface area contributed by atoms with Gasteiger partial charge in [0, 0.05) is 15.4 Å². The molecule has 1 heterocycles. The summed E-state index contributed by atoms with van der Waals surface area (Å²) < 4.78 is 2.37. The first-order valence-electron chi connectivity index (χ1n) is 4.82. The molecule has 1 aromatic heterocycles. The Morgan fingerprint density at radius 3 is 2.71 bits per heavy atom. The predicted octanol–water partition coefficient (Wildman–Crippen LogP) is 4.33. The van der Waals surface area contributed by atoms with Gasteiger partial charge in [0.1, 0.15) is 0 Å². The van der Waals surface area contributed by atoms with Crippen LogP contribution in [0.15, 0.2) is 14.3 Å². The van der Waals surface area contributed by atoms with Gasteiger partial charge in [0.2, 0.25) is 0 Å². The molecule has 1 aromatic rings. The molecule has 2 rings (SSSR count). The highest BCUT2D eigenvalue weighted by Gasteiger charge is 2.26. The van der Waals surface area contributed by atoms with Crippen LogP contribution >= 0.6 is 43.2 Å². The lowest BCUT2D eigenvalue weighted by Crippen LogP contribution is -2.15. The van der Waals surface area contributed by atoms with Crippen molar-refractivity contribution in [3.63, 3.8) is 0 Å². The van der Waals surface area contributed by atoms with Crippen LogP contribution in [0.4, 0.5) is 0 Å². The van der Waals surface area contributed by atoms with E-state index in [1.54, 1.807) is 0 Å². The van der Waals surface area contributed by atoms with Gasteiger partial charge in [-0.3, -0.25) is 0 Å². The Morgan fingerprint density at radius 2 is 2.29 bits per heavy atom. The van der Waals surface area contributed by atoms with Crippen molar-refractivity contribution in [3.8, 4) is 0 Å². The topological polar surface area (TPSA) is 12.0 Å². The van der Waals surface area contributed by atoms with Crippen molar-refractivity contribution in [2.45, 2.75) is 25.3 Å². The van der Waals surface area contributed by atoms with E-state index < -0.39 is 0 Å². The van der Waals surface area contributed by atoms with Gasteiger partial charge < -0.3 is 5.32 Å². The summed E-state index contributed by atoms with van der Waals surface area (Å²) in [6.07, 6.45) is 4.13. The van der Waals surface area contributed by atoms with Crippen LogP contribution < -0.4 is 5.32 Å². The highest BCUT2D eigenvalue weighted by atomic mass is 79.9. The van der Waals surface area contributed by atoms with Crippen molar-refractivity contribution in [2.24, 2.45) is 5.92 Å². The van der Waals surface area contributed by atoms with Gasteiger partial charge in [-0.1, -0.05) is 12.8 Å². The van der Waals surface area contributed by atoms with E-state index in [1.165, 1.54) is 32.4 Å². The standard InChI is InChI=1S/C10H13Br2NS/c1-13-8(4-6-2-3-6)9-5-7(11)10(12)14-9/h5-6,8,13H,2-4H2,1H3. The number of halogens is 2. The molecule has 1 atom stereocenters. The van der Waals surface area contributed by atoms with Gasteiger partial charge in [0.05, 0.1) is 3.79 Å². The number of rotatable bonds is 4. The van der Waals surface area contributed by atoms with Crippen molar-refractivity contribution in [1.82, 2.24) is 5.32 Å². The molecule has 0 saturated heterocycles. The predicted molar refractivity (Wildman–Crippen MR) is 68.9 cm³/mol. The summed E-state index contributed by atoms with van der Waals surface area (Å²) in [6.45, 7) is 0. The Balaban J connectivity index is 2.08. The molecule has 14 heavy (non-hydrogen) atoms. The molecule has 1 saturated carbocycles. The van der Waals surface area contributed by atoms with Crippen LogP contribution in [0.3, 0.4) is 0 Å². The zero-order valence-electron chi connectivity index (χ0n) is 8.02. The van der Waals surface area contributed by atoms with Gasteiger partial charge in [-0.05, 0) is 57.3 Å². The van der Waals surface area contributed by atoms with E-state index in [9.17, 15) is 0 Å². The Morgan fingerprint density at radius 1 is 1.57 bits per heavy atom. The third kappa shape index (κ3) is 2.60. The summed E-state index contributed by atoms with van der Waals surface area (Å²) in [5.41, 5.74) is 0. The van der Waals surface area contributed by atoms with Crippen LogP contribution in [0.2, 0.25) is 0 Å². The summed E-state index contributed by atoms with van der Waals surface area (Å²) in [5.74, 6) is 0.965. The second-order valence-corrected chi connectivity index (χ2v) is 7.05. The quantitative estimate of drug-likeness (QED) is 0.861. The van der Waals surface area contributed by atoms with Crippen molar-refractivity contribution >= 4 is 43.2 Å². The van der Waals surface area contributed by atoms with Gasteiger partial charge >= 0.3 is 0 Å². The largest absolute Gasteiger partial charge is 0.312 e. The summed E-state index contributed by atoms with van der Waals surface area (Å²) in [7, 11) is 2.05. The molecule has 1 N–H and O–H groups in total. The van der Waals surface area contributed by atoms with E-state index in [4.69, 9.17) is 0 Å². The fourth-order valence-corrected chi connectivity index (χ4v) is 3.81. The van der Waals surface area contributed by atoms with Gasteiger partial charge in [0.25, 0.3) is 0 Å². The molecule has 1 nitrogen and oxygen atoms in total. The number of nitrogens with one attached hydrogen (secondary N) is 1. The number of hydrogen-bond donors (Lipinski definition) is 1. The van der Waals surface area contributed by atoms with Crippen LogP contribution in [0.5, 0.6) is 0 Å². The lowest BCUT2D eigenvalue weighted by molar-refractivity contribution is 0.522. The van der Waals surface area contributed by atoms with E-state index in [1.807, 2.05) is 11.3 Å². The molecular weight excluding hydrogens is 326 g/mol. The molecule has 0 bridgehead atoms. The number of thiophene rings is 1. The minimum absolute atomic E-state index is 0.537. The average molecular weight is 339 g/mol. The lowest BCUT2D eigenvalue weighted by Gasteiger charge is -2.13. The zero-order chi connectivity index (χ0) is 10.1. The van der Waals surface area contributed by atoms with E-state index in [2.05, 4.69) is 50.3 Å². The summed E-state index contributed by atoms with van der Waals surface area (Å²) in [4.78, 5) is 1.43. The molecule has 1 fully saturated rings. The summed E-state index contributed by atoms with van der Waals surface area (Å²) in [5, 5.41) is 3.40. The Hall–Kier alpha value is 0.620. The van der Waals surface area contributed by atoms with Crippen molar-refractivity contribution in [2.75, 3.05) is 7.05 Å². The van der Waals surface area contributed by atoms with Gasteiger partial charge in [-0.2, -0.15) is 0 Å². The molecular formula is C10H13Br2NS. The monoisotopic (exact) mass is 337 g/mol. The van der Waals surface area contributed by atoms with Crippen LogP contribution in [-0.4, -0.2) is 7.05 Å².